The van der Waals surface area contributed by atoms with Gasteiger partial charge in [0.05, 0.1) is 18.3 Å². The van der Waals surface area contributed by atoms with Crippen LogP contribution in [0.4, 0.5) is 0 Å². The van der Waals surface area contributed by atoms with Gasteiger partial charge in [-0.2, -0.15) is 10.2 Å². The van der Waals surface area contributed by atoms with Crippen molar-refractivity contribution in [3.8, 4) is 17.1 Å². The molecule has 0 bridgehead atoms. The van der Waals surface area contributed by atoms with Gasteiger partial charge in [-0.3, -0.25) is 14.6 Å². The maximum atomic E-state index is 12.6. The Morgan fingerprint density at radius 1 is 1.06 bits per heavy atom. The smallest absolute Gasteiger partial charge is 0.272 e. The van der Waals surface area contributed by atoms with E-state index in [1.165, 1.54) is 0 Å². The minimum atomic E-state index is -0.177. The van der Waals surface area contributed by atoms with Gasteiger partial charge in [-0.05, 0) is 43.9 Å². The number of nitrogens with one attached hydrogen (secondary N) is 1. The summed E-state index contributed by atoms with van der Waals surface area (Å²) in [6, 6.07) is 8.85. The lowest BCUT2D eigenvalue weighted by Crippen LogP contribution is -2.39. The highest BCUT2D eigenvalue weighted by Gasteiger charge is 2.26. The Balaban J connectivity index is 1.23. The molecule has 0 spiro atoms. The SMILES string of the molecule is O=C(NC1CCC(n2nc(-c3ccncc3)ccc2=O)CC1)c1cc2n(n1)CCCO2. The minimum absolute atomic E-state index is 0.0239. The summed E-state index contributed by atoms with van der Waals surface area (Å²) in [4.78, 5) is 29.1. The highest BCUT2D eigenvalue weighted by Crippen LogP contribution is 2.28. The number of ether oxygens (including phenoxy) is 1. The lowest BCUT2D eigenvalue weighted by molar-refractivity contribution is 0.0915. The average molecular weight is 420 g/mol. The molecule has 5 rings (SSSR count). The van der Waals surface area contributed by atoms with Crippen molar-refractivity contribution in [3.63, 3.8) is 0 Å². The van der Waals surface area contributed by atoms with Crippen LogP contribution in [0.5, 0.6) is 5.88 Å². The van der Waals surface area contributed by atoms with Crippen LogP contribution in [0.2, 0.25) is 0 Å². The first kappa shape index (κ1) is 19.5. The number of rotatable bonds is 4. The van der Waals surface area contributed by atoms with E-state index in [0.29, 0.717) is 18.2 Å². The van der Waals surface area contributed by atoms with Gasteiger partial charge in [0.2, 0.25) is 5.88 Å². The van der Waals surface area contributed by atoms with Crippen LogP contribution in [-0.2, 0) is 6.54 Å². The van der Waals surface area contributed by atoms with E-state index in [1.807, 2.05) is 12.1 Å². The van der Waals surface area contributed by atoms with E-state index >= 15 is 0 Å². The van der Waals surface area contributed by atoms with E-state index in [1.54, 1.807) is 40.0 Å². The Labute approximate surface area is 179 Å². The summed E-state index contributed by atoms with van der Waals surface area (Å²) >= 11 is 0. The number of nitrogens with zero attached hydrogens (tertiary/aromatic N) is 5. The van der Waals surface area contributed by atoms with Crippen molar-refractivity contribution in [2.75, 3.05) is 6.61 Å². The van der Waals surface area contributed by atoms with E-state index in [2.05, 4.69) is 20.5 Å². The molecular weight excluding hydrogens is 396 g/mol. The topological polar surface area (TPSA) is 104 Å². The van der Waals surface area contributed by atoms with E-state index in [-0.39, 0.29) is 23.6 Å². The fraction of sp³-hybridized carbons (Fsp3) is 0.409. The summed E-state index contributed by atoms with van der Waals surface area (Å²) < 4.78 is 8.87. The molecule has 4 heterocycles. The van der Waals surface area contributed by atoms with Crippen LogP contribution in [0, 0.1) is 0 Å². The molecule has 1 saturated carbocycles. The first-order valence-corrected chi connectivity index (χ1v) is 10.7. The van der Waals surface area contributed by atoms with E-state index in [4.69, 9.17) is 4.74 Å². The molecule has 0 aromatic carbocycles. The van der Waals surface area contributed by atoms with Crippen molar-refractivity contribution in [2.45, 2.75) is 50.7 Å². The molecule has 1 aliphatic carbocycles. The molecule has 1 N–H and O–H groups in total. The quantitative estimate of drug-likeness (QED) is 0.694. The van der Waals surface area contributed by atoms with Crippen LogP contribution >= 0.6 is 0 Å². The van der Waals surface area contributed by atoms with Crippen molar-refractivity contribution in [2.24, 2.45) is 0 Å². The summed E-state index contributed by atoms with van der Waals surface area (Å²) in [5, 5.41) is 12.0. The second-order valence-corrected chi connectivity index (χ2v) is 8.01. The first-order chi connectivity index (χ1) is 15.2. The predicted molar refractivity (Wildman–Crippen MR) is 113 cm³/mol. The zero-order valence-electron chi connectivity index (χ0n) is 17.1. The number of carbonyl (C=O) groups excluding carboxylic acids is 1. The maximum absolute atomic E-state index is 12.6. The molecule has 1 fully saturated rings. The largest absolute Gasteiger partial charge is 0.478 e. The van der Waals surface area contributed by atoms with Gasteiger partial charge in [0.1, 0.15) is 0 Å². The number of fused-ring (bicyclic) bond motifs is 1. The van der Waals surface area contributed by atoms with Gasteiger partial charge < -0.3 is 10.1 Å². The third kappa shape index (κ3) is 4.08. The number of hydrogen-bond acceptors (Lipinski definition) is 6. The summed E-state index contributed by atoms with van der Waals surface area (Å²) in [7, 11) is 0. The van der Waals surface area contributed by atoms with Gasteiger partial charge in [-0.1, -0.05) is 0 Å². The molecule has 160 valence electrons. The Morgan fingerprint density at radius 3 is 2.65 bits per heavy atom. The van der Waals surface area contributed by atoms with Gasteiger partial charge in [0, 0.05) is 49.1 Å². The lowest BCUT2D eigenvalue weighted by atomic mass is 9.91. The minimum Gasteiger partial charge on any atom is -0.478 e. The standard InChI is InChI=1S/C22H24N6O3/c29-20-7-6-18(15-8-10-23-11-9-15)26-28(20)17-4-2-16(3-5-17)24-22(30)19-14-21-27(25-19)12-1-13-31-21/h6-11,14,16-17H,1-5,12-13H2,(H,24,30). The fourth-order valence-corrected chi connectivity index (χ4v) is 4.27. The number of aromatic nitrogens is 5. The molecule has 0 atom stereocenters. The van der Waals surface area contributed by atoms with Gasteiger partial charge in [-0.15, -0.1) is 0 Å². The average Bonchev–Trinajstić information content (AvgIpc) is 3.25. The molecule has 0 radical (unpaired) electrons. The highest BCUT2D eigenvalue weighted by atomic mass is 16.5. The van der Waals surface area contributed by atoms with Crippen LogP contribution in [0.3, 0.4) is 0 Å². The number of aryl methyl sites for hydroxylation is 1. The number of pyridine rings is 1. The molecule has 1 amide bonds. The van der Waals surface area contributed by atoms with Crippen LogP contribution < -0.4 is 15.6 Å². The third-order valence-electron chi connectivity index (χ3n) is 5.92. The molecular formula is C22H24N6O3. The van der Waals surface area contributed by atoms with Gasteiger partial charge in [0.15, 0.2) is 5.69 Å². The normalized spacial score (nSPS) is 20.5. The number of amides is 1. The summed E-state index contributed by atoms with van der Waals surface area (Å²) in [5.74, 6) is 0.476. The molecule has 3 aromatic rings. The van der Waals surface area contributed by atoms with Crippen LogP contribution in [0.25, 0.3) is 11.3 Å². The third-order valence-corrected chi connectivity index (χ3v) is 5.92. The summed E-state index contributed by atoms with van der Waals surface area (Å²) in [5.41, 5.74) is 1.97. The lowest BCUT2D eigenvalue weighted by Gasteiger charge is -2.29. The predicted octanol–water partition coefficient (Wildman–Crippen LogP) is 2.20. The van der Waals surface area contributed by atoms with Gasteiger partial charge >= 0.3 is 0 Å². The monoisotopic (exact) mass is 420 g/mol. The molecule has 0 unspecified atom stereocenters. The zero-order valence-corrected chi connectivity index (χ0v) is 17.1. The molecule has 9 nitrogen and oxygen atoms in total. The Hall–Kier alpha value is -3.49. The van der Waals surface area contributed by atoms with Crippen molar-refractivity contribution >= 4 is 5.91 Å². The molecule has 1 aliphatic heterocycles. The molecule has 9 heteroatoms. The Bertz CT molecular complexity index is 1110. The zero-order chi connectivity index (χ0) is 21.2. The van der Waals surface area contributed by atoms with Crippen molar-refractivity contribution < 1.29 is 9.53 Å². The van der Waals surface area contributed by atoms with Crippen LogP contribution in [0.15, 0.2) is 47.5 Å². The van der Waals surface area contributed by atoms with Crippen LogP contribution in [-0.4, -0.2) is 43.1 Å². The van der Waals surface area contributed by atoms with E-state index < -0.39 is 0 Å². The first-order valence-electron chi connectivity index (χ1n) is 10.7. The maximum Gasteiger partial charge on any atom is 0.272 e. The Morgan fingerprint density at radius 2 is 1.87 bits per heavy atom. The molecule has 2 aliphatic rings. The van der Waals surface area contributed by atoms with Crippen LogP contribution in [0.1, 0.15) is 48.6 Å². The summed E-state index contributed by atoms with van der Waals surface area (Å²) in [6.45, 7) is 1.43. The number of carbonyl (C=O) groups is 1. The molecule has 31 heavy (non-hydrogen) atoms. The second kappa shape index (κ2) is 8.33. The van der Waals surface area contributed by atoms with Gasteiger partial charge in [0.25, 0.3) is 11.5 Å². The fourth-order valence-electron chi connectivity index (χ4n) is 4.27. The van der Waals surface area contributed by atoms with Crippen molar-refractivity contribution in [1.29, 1.82) is 0 Å². The second-order valence-electron chi connectivity index (χ2n) is 8.01. The highest BCUT2D eigenvalue weighted by molar-refractivity contribution is 5.92. The molecule has 3 aromatic heterocycles. The van der Waals surface area contributed by atoms with E-state index in [9.17, 15) is 9.59 Å². The van der Waals surface area contributed by atoms with E-state index in [0.717, 1.165) is 49.9 Å². The van der Waals surface area contributed by atoms with Gasteiger partial charge in [-0.25, -0.2) is 9.36 Å². The molecule has 0 saturated heterocycles. The van der Waals surface area contributed by atoms with Crippen molar-refractivity contribution in [3.05, 3.63) is 58.8 Å². The summed E-state index contributed by atoms with van der Waals surface area (Å²) in [6.07, 6.45) is 7.45. The van der Waals surface area contributed by atoms with Crippen molar-refractivity contribution in [1.82, 2.24) is 29.9 Å². The Kier molecular flexibility index (Phi) is 5.23. The number of hydrogen-bond donors (Lipinski definition) is 1.